The second-order valence-electron chi connectivity index (χ2n) is 8.51. The van der Waals surface area contributed by atoms with Gasteiger partial charge in [-0.15, -0.1) is 0 Å². The molecule has 1 heterocycles. The molecule has 1 aliphatic rings. The number of aliphatic hydroxyl groups excluding tert-OH is 2. The van der Waals surface area contributed by atoms with Gasteiger partial charge in [-0.2, -0.15) is 0 Å². The van der Waals surface area contributed by atoms with Crippen molar-refractivity contribution in [2.75, 3.05) is 13.2 Å². The monoisotopic (exact) mass is 442 g/mol. The number of aryl methyl sites for hydroxylation is 1. The van der Waals surface area contributed by atoms with Gasteiger partial charge in [-0.3, -0.25) is 0 Å². The molecular formula is C27H26N2O4. The molecule has 0 saturated carbocycles. The third-order valence-electron chi connectivity index (χ3n) is 6.35. The van der Waals surface area contributed by atoms with Crippen molar-refractivity contribution in [2.24, 2.45) is 0 Å². The molecule has 0 saturated heterocycles. The highest BCUT2D eigenvalue weighted by Crippen LogP contribution is 2.44. The summed E-state index contributed by atoms with van der Waals surface area (Å²) < 4.78 is 5.49. The van der Waals surface area contributed by atoms with Crippen LogP contribution in [0.25, 0.3) is 22.0 Å². The van der Waals surface area contributed by atoms with Crippen LogP contribution in [0.3, 0.4) is 0 Å². The van der Waals surface area contributed by atoms with E-state index < -0.39 is 18.3 Å². The van der Waals surface area contributed by atoms with Gasteiger partial charge < -0.3 is 25.3 Å². The first kappa shape index (κ1) is 21.2. The number of H-pyrrole nitrogens is 1. The second kappa shape index (κ2) is 8.73. The van der Waals surface area contributed by atoms with Crippen LogP contribution >= 0.6 is 0 Å². The summed E-state index contributed by atoms with van der Waals surface area (Å²) in [6.07, 6.45) is -1.26. The van der Waals surface area contributed by atoms with Crippen LogP contribution in [0.4, 0.5) is 4.79 Å². The average molecular weight is 443 g/mol. The van der Waals surface area contributed by atoms with E-state index in [1.54, 1.807) is 6.20 Å². The zero-order chi connectivity index (χ0) is 22.9. The Hall–Kier alpha value is -3.61. The van der Waals surface area contributed by atoms with Gasteiger partial charge >= 0.3 is 6.09 Å². The molecule has 0 spiro atoms. The lowest BCUT2D eigenvalue weighted by Gasteiger charge is -2.19. The van der Waals surface area contributed by atoms with Gasteiger partial charge in [-0.1, -0.05) is 60.7 Å². The fraction of sp³-hybridized carbons (Fsp3) is 0.222. The molecule has 3 aromatic carbocycles. The van der Waals surface area contributed by atoms with E-state index in [0.29, 0.717) is 5.56 Å². The highest BCUT2D eigenvalue weighted by Gasteiger charge is 2.29. The molecule has 0 radical (unpaired) electrons. The van der Waals surface area contributed by atoms with Crippen LogP contribution in [-0.2, 0) is 4.74 Å². The molecule has 1 aromatic heterocycles. The Morgan fingerprint density at radius 2 is 1.70 bits per heavy atom. The maximum absolute atomic E-state index is 12.4. The average Bonchev–Trinajstić information content (AvgIpc) is 3.39. The molecule has 5 rings (SSSR count). The van der Waals surface area contributed by atoms with Crippen molar-refractivity contribution in [3.8, 4) is 11.1 Å². The van der Waals surface area contributed by atoms with Crippen molar-refractivity contribution >= 4 is 17.0 Å². The molecule has 0 aliphatic heterocycles. The molecule has 6 heteroatoms. The maximum atomic E-state index is 12.4. The smallest absolute Gasteiger partial charge is 0.407 e. The number of benzene rings is 3. The van der Waals surface area contributed by atoms with E-state index in [-0.39, 0.29) is 19.1 Å². The van der Waals surface area contributed by atoms with E-state index in [9.17, 15) is 15.0 Å². The second-order valence-corrected chi connectivity index (χ2v) is 8.51. The highest BCUT2D eigenvalue weighted by molar-refractivity contribution is 5.84. The van der Waals surface area contributed by atoms with Crippen molar-refractivity contribution in [3.63, 3.8) is 0 Å². The first-order valence-electron chi connectivity index (χ1n) is 11.1. The number of ether oxygens (including phenoxy) is 1. The van der Waals surface area contributed by atoms with E-state index >= 15 is 0 Å². The lowest BCUT2D eigenvalue weighted by molar-refractivity contribution is 0.0194. The van der Waals surface area contributed by atoms with Crippen LogP contribution in [-0.4, -0.2) is 40.5 Å². The van der Waals surface area contributed by atoms with Crippen LogP contribution in [0.1, 0.15) is 34.3 Å². The minimum Gasteiger partial charge on any atom is -0.449 e. The normalized spacial score (nSPS) is 14.5. The van der Waals surface area contributed by atoms with Crippen molar-refractivity contribution in [3.05, 3.63) is 95.2 Å². The van der Waals surface area contributed by atoms with Crippen molar-refractivity contribution in [2.45, 2.75) is 25.0 Å². The van der Waals surface area contributed by atoms with Crippen LogP contribution in [0, 0.1) is 6.92 Å². The lowest BCUT2D eigenvalue weighted by Crippen LogP contribution is -2.36. The summed E-state index contributed by atoms with van der Waals surface area (Å²) in [5.74, 6) is -0.0339. The van der Waals surface area contributed by atoms with Crippen LogP contribution in [0.5, 0.6) is 0 Å². The number of alkyl carbamates (subject to hydrolysis) is 1. The molecule has 2 unspecified atom stereocenters. The zero-order valence-electron chi connectivity index (χ0n) is 18.3. The minimum atomic E-state index is -1.18. The van der Waals surface area contributed by atoms with E-state index in [2.05, 4.69) is 34.6 Å². The fourth-order valence-electron chi connectivity index (χ4n) is 4.66. The Kier molecular flexibility index (Phi) is 5.62. The number of amides is 1. The van der Waals surface area contributed by atoms with Gasteiger partial charge in [0.15, 0.2) is 0 Å². The number of aromatic nitrogens is 1. The molecule has 6 nitrogen and oxygen atoms in total. The van der Waals surface area contributed by atoms with Crippen molar-refractivity contribution < 1.29 is 19.7 Å². The third kappa shape index (κ3) is 3.99. The number of carbonyl (C=O) groups is 1. The van der Waals surface area contributed by atoms with Gasteiger partial charge in [0, 0.05) is 35.1 Å². The summed E-state index contributed by atoms with van der Waals surface area (Å²) >= 11 is 0. The standard InChI is InChI=1S/C27H26N2O4/c1-16-10-11-21-22(13-28-24(21)12-16)26(31)25(30)14-29-27(32)33-15-23-19-8-4-2-6-17(19)18-7-3-5-9-20(18)23/h2-13,23,25-26,28,30-31H,14-15H2,1H3,(H,29,32). The summed E-state index contributed by atoms with van der Waals surface area (Å²) in [6, 6.07) is 22.1. The molecule has 168 valence electrons. The number of aliphatic hydroxyl groups is 2. The molecule has 4 N–H and O–H groups in total. The van der Waals surface area contributed by atoms with Crippen molar-refractivity contribution in [1.29, 1.82) is 0 Å². The van der Waals surface area contributed by atoms with Crippen LogP contribution in [0.15, 0.2) is 72.9 Å². The molecule has 1 amide bonds. The lowest BCUT2D eigenvalue weighted by atomic mass is 9.98. The molecule has 33 heavy (non-hydrogen) atoms. The molecule has 0 fully saturated rings. The number of fused-ring (bicyclic) bond motifs is 4. The molecule has 1 aliphatic carbocycles. The van der Waals surface area contributed by atoms with E-state index in [1.165, 1.54) is 0 Å². The van der Waals surface area contributed by atoms with Gasteiger partial charge in [0.2, 0.25) is 0 Å². The molecule has 0 bridgehead atoms. The largest absolute Gasteiger partial charge is 0.449 e. The minimum absolute atomic E-state index is 0.0339. The number of rotatable bonds is 6. The van der Waals surface area contributed by atoms with Gasteiger partial charge in [0.05, 0.1) is 0 Å². The van der Waals surface area contributed by atoms with Gasteiger partial charge in [0.25, 0.3) is 0 Å². The Labute approximate surface area is 191 Å². The summed E-state index contributed by atoms with van der Waals surface area (Å²) in [7, 11) is 0. The van der Waals surface area contributed by atoms with Crippen LogP contribution in [0.2, 0.25) is 0 Å². The molecule has 2 atom stereocenters. The maximum Gasteiger partial charge on any atom is 0.407 e. The summed E-state index contributed by atoms with van der Waals surface area (Å²) in [6.45, 7) is 2.06. The van der Waals surface area contributed by atoms with Gasteiger partial charge in [0.1, 0.15) is 18.8 Å². The predicted octanol–water partition coefficient (Wildman–Crippen LogP) is 4.41. The van der Waals surface area contributed by atoms with E-state index in [4.69, 9.17) is 4.74 Å². The van der Waals surface area contributed by atoms with Gasteiger partial charge in [-0.25, -0.2) is 4.79 Å². The number of aromatic amines is 1. The zero-order valence-corrected chi connectivity index (χ0v) is 18.3. The highest BCUT2D eigenvalue weighted by atomic mass is 16.5. The van der Waals surface area contributed by atoms with Crippen molar-refractivity contribution in [1.82, 2.24) is 10.3 Å². The number of carbonyl (C=O) groups excluding carboxylic acids is 1. The first-order valence-corrected chi connectivity index (χ1v) is 11.1. The summed E-state index contributed by atoms with van der Waals surface area (Å²) in [4.78, 5) is 15.5. The summed E-state index contributed by atoms with van der Waals surface area (Å²) in [5.41, 5.74) is 7.17. The SMILES string of the molecule is Cc1ccc2c(C(O)C(O)CNC(=O)OCC3c4ccccc4-c4ccccc43)c[nH]c2c1. The molecule has 4 aromatic rings. The van der Waals surface area contributed by atoms with Crippen LogP contribution < -0.4 is 5.32 Å². The Morgan fingerprint density at radius 1 is 1.03 bits per heavy atom. The number of hydrogen-bond acceptors (Lipinski definition) is 4. The first-order chi connectivity index (χ1) is 16.0. The van der Waals surface area contributed by atoms with E-state index in [1.807, 2.05) is 49.4 Å². The van der Waals surface area contributed by atoms with Gasteiger partial charge in [-0.05, 0) is 40.8 Å². The molecular weight excluding hydrogens is 416 g/mol. The number of hydrogen-bond donors (Lipinski definition) is 4. The Morgan fingerprint density at radius 3 is 2.39 bits per heavy atom. The predicted molar refractivity (Wildman–Crippen MR) is 127 cm³/mol. The van der Waals surface area contributed by atoms with E-state index in [0.717, 1.165) is 38.7 Å². The number of nitrogens with one attached hydrogen (secondary N) is 2. The third-order valence-corrected chi connectivity index (χ3v) is 6.35. The fourth-order valence-corrected chi connectivity index (χ4v) is 4.66. The quantitative estimate of drug-likeness (QED) is 0.356. The topological polar surface area (TPSA) is 94.6 Å². The Balaban J connectivity index is 1.20. The Bertz CT molecular complexity index is 1270. The summed E-state index contributed by atoms with van der Waals surface area (Å²) in [5, 5.41) is 24.5.